The fourth-order valence-electron chi connectivity index (χ4n) is 5.31. The quantitative estimate of drug-likeness (QED) is 0.151. The first kappa shape index (κ1) is 24.2. The van der Waals surface area contributed by atoms with Crippen LogP contribution in [-0.2, 0) is 4.57 Å². The van der Waals surface area contributed by atoms with Crippen LogP contribution in [0.15, 0.2) is 140 Å². The summed E-state index contributed by atoms with van der Waals surface area (Å²) in [4.78, 5) is 0. The molecule has 0 N–H and O–H groups in total. The van der Waals surface area contributed by atoms with Gasteiger partial charge in [-0.15, -0.1) is 0 Å². The summed E-state index contributed by atoms with van der Waals surface area (Å²) in [7, 11) is -2.77. The van der Waals surface area contributed by atoms with Gasteiger partial charge in [-0.05, 0) is 39.6 Å². The maximum absolute atomic E-state index is 14.4. The van der Waals surface area contributed by atoms with Crippen LogP contribution in [-0.4, -0.2) is 12.8 Å². The topological polar surface area (TPSA) is 26.3 Å². The van der Waals surface area contributed by atoms with E-state index in [4.69, 9.17) is 4.74 Å². The van der Waals surface area contributed by atoms with Crippen molar-refractivity contribution in [3.05, 3.63) is 140 Å². The van der Waals surface area contributed by atoms with Gasteiger partial charge in [0.1, 0.15) is 12.9 Å². The van der Waals surface area contributed by atoms with Gasteiger partial charge in [0, 0.05) is 22.3 Å². The molecular formula is C35H29O2P. The highest BCUT2D eigenvalue weighted by Gasteiger charge is 2.26. The monoisotopic (exact) mass is 512 g/mol. The zero-order chi connectivity index (χ0) is 25.8. The molecule has 0 heterocycles. The molecule has 6 aromatic carbocycles. The maximum atomic E-state index is 14.4. The molecule has 186 valence electrons. The van der Waals surface area contributed by atoms with Crippen molar-refractivity contribution in [1.29, 1.82) is 0 Å². The minimum Gasteiger partial charge on any atom is -0.493 e. The Balaban J connectivity index is 1.32. The van der Waals surface area contributed by atoms with Gasteiger partial charge in [-0.2, -0.15) is 0 Å². The average molecular weight is 513 g/mol. The van der Waals surface area contributed by atoms with E-state index in [1.54, 1.807) is 0 Å². The van der Waals surface area contributed by atoms with Crippen molar-refractivity contribution < 1.29 is 9.30 Å². The minimum absolute atomic E-state index is 0.486. The summed E-state index contributed by atoms with van der Waals surface area (Å²) in [5.41, 5.74) is 2.27. The van der Waals surface area contributed by atoms with Crippen molar-refractivity contribution >= 4 is 39.3 Å². The lowest BCUT2D eigenvalue weighted by molar-refractivity contribution is 0.319. The van der Waals surface area contributed by atoms with Gasteiger partial charge >= 0.3 is 0 Å². The zero-order valence-electron chi connectivity index (χ0n) is 21.2. The number of benzene rings is 6. The molecule has 0 aliphatic rings. The summed E-state index contributed by atoms with van der Waals surface area (Å²) in [6.07, 6.45) is 1.24. The Morgan fingerprint density at radius 2 is 1.08 bits per heavy atom. The van der Waals surface area contributed by atoms with Crippen LogP contribution in [0.3, 0.4) is 0 Å². The Morgan fingerprint density at radius 1 is 0.526 bits per heavy atom. The molecule has 6 rings (SSSR count). The molecule has 3 heteroatoms. The maximum Gasteiger partial charge on any atom is 0.143 e. The van der Waals surface area contributed by atoms with Gasteiger partial charge in [0.25, 0.3) is 0 Å². The summed E-state index contributed by atoms with van der Waals surface area (Å²) in [5.74, 6) is 0.856. The number of ether oxygens (including phenoxy) is 1. The van der Waals surface area contributed by atoms with Crippen molar-refractivity contribution in [3.8, 4) is 16.9 Å². The average Bonchev–Trinajstić information content (AvgIpc) is 2.99. The van der Waals surface area contributed by atoms with E-state index in [1.165, 1.54) is 21.5 Å². The Labute approximate surface area is 223 Å². The molecule has 0 atom stereocenters. The number of fused-ring (bicyclic) bond motifs is 2. The van der Waals surface area contributed by atoms with Crippen LogP contribution in [0.5, 0.6) is 5.75 Å². The van der Waals surface area contributed by atoms with Gasteiger partial charge in [0.2, 0.25) is 0 Å². The van der Waals surface area contributed by atoms with E-state index in [0.29, 0.717) is 19.2 Å². The van der Waals surface area contributed by atoms with Gasteiger partial charge in [0.15, 0.2) is 0 Å². The second-order valence-electron chi connectivity index (χ2n) is 9.52. The highest BCUT2D eigenvalue weighted by Crippen LogP contribution is 2.44. The minimum atomic E-state index is -2.77. The summed E-state index contributed by atoms with van der Waals surface area (Å²) in [6.45, 7) is 0.486. The van der Waals surface area contributed by atoms with Crippen LogP contribution in [0.25, 0.3) is 32.7 Å². The highest BCUT2D eigenvalue weighted by molar-refractivity contribution is 7.78. The fraction of sp³-hybridized carbons (Fsp3) is 0.0857. The Kier molecular flexibility index (Phi) is 6.82. The van der Waals surface area contributed by atoms with Crippen LogP contribution in [0.4, 0.5) is 0 Å². The molecule has 0 aliphatic carbocycles. The Bertz CT molecular complexity index is 1690. The summed E-state index contributed by atoms with van der Waals surface area (Å²) in [5, 5.41) is 6.55. The normalized spacial score (nSPS) is 11.6. The first-order valence-electron chi connectivity index (χ1n) is 13.1. The third-order valence-corrected chi connectivity index (χ3v) is 10.4. The molecule has 0 radical (unpaired) electrons. The van der Waals surface area contributed by atoms with Crippen LogP contribution in [0, 0.1) is 0 Å². The molecule has 0 saturated heterocycles. The second kappa shape index (κ2) is 10.7. The molecule has 0 spiro atoms. The van der Waals surface area contributed by atoms with Gasteiger partial charge in [-0.25, -0.2) is 0 Å². The molecular weight excluding hydrogens is 483 g/mol. The molecule has 0 amide bonds. The summed E-state index contributed by atoms with van der Waals surface area (Å²) >= 11 is 0. The van der Waals surface area contributed by atoms with E-state index < -0.39 is 7.14 Å². The van der Waals surface area contributed by atoms with Crippen LogP contribution >= 0.6 is 7.14 Å². The highest BCUT2D eigenvalue weighted by atomic mass is 31.2. The van der Waals surface area contributed by atoms with Gasteiger partial charge in [0.05, 0.1) is 6.61 Å². The largest absolute Gasteiger partial charge is 0.493 e. The predicted molar refractivity (Wildman–Crippen MR) is 162 cm³/mol. The Hall–Kier alpha value is -4.13. The van der Waals surface area contributed by atoms with E-state index in [0.717, 1.165) is 27.5 Å². The third-order valence-electron chi connectivity index (χ3n) is 7.17. The molecule has 0 unspecified atom stereocenters. The predicted octanol–water partition coefficient (Wildman–Crippen LogP) is 8.44. The molecule has 0 aromatic heterocycles. The SMILES string of the molecule is O=P(CCCOc1ccc2ccccc2c1-c1cccc2ccccc12)(c1ccccc1)c1ccccc1. The van der Waals surface area contributed by atoms with Crippen molar-refractivity contribution in [2.45, 2.75) is 6.42 Å². The molecule has 0 fully saturated rings. The third kappa shape index (κ3) is 4.64. The van der Waals surface area contributed by atoms with Crippen LogP contribution in [0.2, 0.25) is 0 Å². The fourth-order valence-corrected chi connectivity index (χ4v) is 8.00. The Morgan fingerprint density at radius 3 is 1.76 bits per heavy atom. The van der Waals surface area contributed by atoms with E-state index >= 15 is 0 Å². The van der Waals surface area contributed by atoms with Crippen LogP contribution in [0.1, 0.15) is 6.42 Å². The first-order valence-corrected chi connectivity index (χ1v) is 15.0. The van der Waals surface area contributed by atoms with Gasteiger partial charge in [-0.1, -0.05) is 133 Å². The van der Waals surface area contributed by atoms with E-state index in [1.807, 2.05) is 60.7 Å². The smallest absolute Gasteiger partial charge is 0.143 e. The van der Waals surface area contributed by atoms with Crippen LogP contribution < -0.4 is 15.3 Å². The number of rotatable bonds is 8. The lowest BCUT2D eigenvalue weighted by atomic mass is 9.93. The van der Waals surface area contributed by atoms with Crippen molar-refractivity contribution in [3.63, 3.8) is 0 Å². The standard InChI is InChI=1S/C35H29O2P/c36-38(29-16-3-1-4-17-29,30-18-5-2-6-19-30)26-12-25-37-34-24-23-28-14-8-10-21-32(28)35(34)33-22-11-15-27-13-7-9-20-31(27)33/h1-11,13-24H,12,25-26H2. The van der Waals surface area contributed by atoms with Crippen molar-refractivity contribution in [1.82, 2.24) is 0 Å². The number of hydrogen-bond donors (Lipinski definition) is 0. The molecule has 38 heavy (non-hydrogen) atoms. The summed E-state index contributed by atoms with van der Waals surface area (Å²) < 4.78 is 20.9. The summed E-state index contributed by atoms with van der Waals surface area (Å²) in [6, 6.07) is 47.3. The molecule has 0 aliphatic heterocycles. The van der Waals surface area contributed by atoms with E-state index in [-0.39, 0.29) is 0 Å². The molecule has 0 bridgehead atoms. The molecule has 2 nitrogen and oxygen atoms in total. The molecule has 6 aromatic rings. The zero-order valence-corrected chi connectivity index (χ0v) is 22.1. The lowest BCUT2D eigenvalue weighted by Gasteiger charge is -2.20. The van der Waals surface area contributed by atoms with Gasteiger partial charge in [-0.3, -0.25) is 0 Å². The first-order chi connectivity index (χ1) is 18.7. The van der Waals surface area contributed by atoms with Gasteiger partial charge < -0.3 is 9.30 Å². The van der Waals surface area contributed by atoms with Crippen molar-refractivity contribution in [2.75, 3.05) is 12.8 Å². The second-order valence-corrected chi connectivity index (χ2v) is 12.5. The number of hydrogen-bond acceptors (Lipinski definition) is 2. The van der Waals surface area contributed by atoms with Crippen molar-refractivity contribution in [2.24, 2.45) is 0 Å². The van der Waals surface area contributed by atoms with E-state index in [2.05, 4.69) is 78.9 Å². The lowest BCUT2D eigenvalue weighted by Crippen LogP contribution is -2.19. The van der Waals surface area contributed by atoms with E-state index in [9.17, 15) is 4.57 Å². The molecule has 0 saturated carbocycles.